The number of nitrogens with two attached hydrogens (primary N) is 1. The quantitative estimate of drug-likeness (QED) is 0.515. The number of aliphatic carboxylic acids is 1. The molecule has 0 aliphatic heterocycles. The van der Waals surface area contributed by atoms with Crippen LogP contribution in [0, 0.1) is 0 Å². The van der Waals surface area contributed by atoms with Gasteiger partial charge < -0.3 is 20.9 Å². The fourth-order valence-electron chi connectivity index (χ4n) is 2.08. The number of ether oxygens (including phenoxy) is 1. The Morgan fingerprint density at radius 1 is 1.14 bits per heavy atom. The second-order valence-corrected chi connectivity index (χ2v) is 4.96. The number of carboxylic acids is 1. The monoisotopic (exact) mass is 300 g/mol. The number of carbonyl (C=O) groups is 1. The van der Waals surface area contributed by atoms with Crippen molar-refractivity contribution in [1.82, 2.24) is 0 Å². The first-order chi connectivity index (χ1) is 10.6. The lowest BCUT2D eigenvalue weighted by Crippen LogP contribution is -2.11. The van der Waals surface area contributed by atoms with Crippen LogP contribution in [0.15, 0.2) is 48.5 Å². The molecule has 0 saturated heterocycles. The molecule has 0 unspecified atom stereocenters. The van der Waals surface area contributed by atoms with Crippen LogP contribution in [0.1, 0.15) is 11.1 Å². The van der Waals surface area contributed by atoms with Gasteiger partial charge >= 0.3 is 5.97 Å². The van der Waals surface area contributed by atoms with Crippen molar-refractivity contribution in [2.24, 2.45) is 0 Å². The van der Waals surface area contributed by atoms with Gasteiger partial charge in [0.05, 0.1) is 31.0 Å². The molecule has 0 spiro atoms. The summed E-state index contributed by atoms with van der Waals surface area (Å²) in [6, 6.07) is 15.2. The molecular weight excluding hydrogens is 280 g/mol. The largest absolute Gasteiger partial charge is 0.481 e. The fraction of sp³-hybridized carbons (Fsp3) is 0.235. The number of nitrogens with one attached hydrogen (secondary N) is 1. The molecule has 2 aromatic carbocycles. The number of hydrogen-bond acceptors (Lipinski definition) is 4. The highest BCUT2D eigenvalue weighted by Crippen LogP contribution is 2.20. The van der Waals surface area contributed by atoms with Crippen molar-refractivity contribution in [1.29, 1.82) is 0 Å². The maximum absolute atomic E-state index is 10.7. The van der Waals surface area contributed by atoms with Gasteiger partial charge in [0, 0.05) is 6.54 Å². The SMILES string of the molecule is Nc1cc(CC(=O)O)ccc1NCCOCc1ccccc1. The summed E-state index contributed by atoms with van der Waals surface area (Å²) in [5, 5.41) is 11.9. The lowest BCUT2D eigenvalue weighted by molar-refractivity contribution is -0.136. The lowest BCUT2D eigenvalue weighted by atomic mass is 10.1. The second kappa shape index (κ2) is 8.05. The second-order valence-electron chi connectivity index (χ2n) is 4.96. The summed E-state index contributed by atoms with van der Waals surface area (Å²) in [4.78, 5) is 10.7. The van der Waals surface area contributed by atoms with Crippen LogP contribution in [0.4, 0.5) is 11.4 Å². The van der Waals surface area contributed by atoms with E-state index in [1.165, 1.54) is 0 Å². The van der Waals surface area contributed by atoms with Crippen molar-refractivity contribution >= 4 is 17.3 Å². The van der Waals surface area contributed by atoms with E-state index in [0.717, 1.165) is 11.3 Å². The molecule has 0 amide bonds. The van der Waals surface area contributed by atoms with E-state index in [0.29, 0.717) is 31.0 Å². The molecule has 0 bridgehead atoms. The Bertz CT molecular complexity index is 615. The van der Waals surface area contributed by atoms with Crippen molar-refractivity contribution in [2.75, 3.05) is 24.2 Å². The maximum atomic E-state index is 10.7. The Morgan fingerprint density at radius 3 is 2.59 bits per heavy atom. The third kappa shape index (κ3) is 5.10. The van der Waals surface area contributed by atoms with E-state index in [2.05, 4.69) is 5.32 Å². The maximum Gasteiger partial charge on any atom is 0.307 e. The zero-order valence-corrected chi connectivity index (χ0v) is 12.3. The standard InChI is InChI=1S/C17H20N2O3/c18-15-10-14(11-17(20)21)6-7-16(15)19-8-9-22-12-13-4-2-1-3-5-13/h1-7,10,19H,8-9,11-12,18H2,(H,20,21). The molecule has 5 heteroatoms. The molecule has 0 radical (unpaired) electrons. The van der Waals surface area contributed by atoms with E-state index in [1.807, 2.05) is 30.3 Å². The fourth-order valence-corrected chi connectivity index (χ4v) is 2.08. The Morgan fingerprint density at radius 2 is 1.91 bits per heavy atom. The highest BCUT2D eigenvalue weighted by molar-refractivity contribution is 5.73. The molecule has 5 nitrogen and oxygen atoms in total. The molecule has 0 saturated carbocycles. The molecule has 22 heavy (non-hydrogen) atoms. The van der Waals surface area contributed by atoms with Gasteiger partial charge in [-0.25, -0.2) is 0 Å². The van der Waals surface area contributed by atoms with Crippen LogP contribution in [-0.2, 0) is 22.6 Å². The zero-order chi connectivity index (χ0) is 15.8. The first-order valence-corrected chi connectivity index (χ1v) is 7.11. The minimum absolute atomic E-state index is 0.0231. The first-order valence-electron chi connectivity index (χ1n) is 7.11. The smallest absolute Gasteiger partial charge is 0.307 e. The van der Waals surface area contributed by atoms with Crippen LogP contribution in [0.2, 0.25) is 0 Å². The number of nitrogen functional groups attached to an aromatic ring is 1. The van der Waals surface area contributed by atoms with Crippen LogP contribution < -0.4 is 11.1 Å². The number of hydrogen-bond donors (Lipinski definition) is 3. The van der Waals surface area contributed by atoms with Gasteiger partial charge in [-0.2, -0.15) is 0 Å². The highest BCUT2D eigenvalue weighted by Gasteiger charge is 2.04. The third-order valence-corrected chi connectivity index (χ3v) is 3.14. The Balaban J connectivity index is 1.74. The zero-order valence-electron chi connectivity index (χ0n) is 12.3. The molecule has 2 rings (SSSR count). The van der Waals surface area contributed by atoms with Crippen molar-refractivity contribution in [3.8, 4) is 0 Å². The molecule has 0 atom stereocenters. The molecule has 0 fully saturated rings. The predicted octanol–water partition coefficient (Wildman–Crippen LogP) is 2.52. The molecule has 2 aromatic rings. The summed E-state index contributed by atoms with van der Waals surface area (Å²) in [6.45, 7) is 1.77. The van der Waals surface area contributed by atoms with Crippen molar-refractivity contribution in [3.63, 3.8) is 0 Å². The molecule has 0 heterocycles. The van der Waals surface area contributed by atoms with Crippen LogP contribution in [0.3, 0.4) is 0 Å². The number of carboxylic acid groups (broad SMARTS) is 1. The van der Waals surface area contributed by atoms with E-state index in [1.54, 1.807) is 18.2 Å². The van der Waals surface area contributed by atoms with Gasteiger partial charge in [-0.3, -0.25) is 4.79 Å². The van der Waals surface area contributed by atoms with Gasteiger partial charge in [0.1, 0.15) is 0 Å². The van der Waals surface area contributed by atoms with Crippen molar-refractivity contribution in [2.45, 2.75) is 13.0 Å². The summed E-state index contributed by atoms with van der Waals surface area (Å²) in [7, 11) is 0. The molecule has 0 aliphatic carbocycles. The predicted molar refractivity (Wildman–Crippen MR) is 86.8 cm³/mol. The Hall–Kier alpha value is -2.53. The summed E-state index contributed by atoms with van der Waals surface area (Å²) in [6.07, 6.45) is -0.0231. The minimum Gasteiger partial charge on any atom is -0.481 e. The first kappa shape index (κ1) is 15.9. The average Bonchev–Trinajstić information content (AvgIpc) is 2.49. The lowest BCUT2D eigenvalue weighted by Gasteiger charge is -2.11. The molecular formula is C17H20N2O3. The Labute approximate surface area is 129 Å². The van der Waals surface area contributed by atoms with Gasteiger partial charge in [-0.15, -0.1) is 0 Å². The Kier molecular flexibility index (Phi) is 5.80. The van der Waals surface area contributed by atoms with E-state index in [-0.39, 0.29) is 6.42 Å². The number of rotatable bonds is 8. The van der Waals surface area contributed by atoms with E-state index in [9.17, 15) is 4.79 Å². The number of anilines is 2. The number of benzene rings is 2. The van der Waals surface area contributed by atoms with Gasteiger partial charge in [-0.1, -0.05) is 36.4 Å². The highest BCUT2D eigenvalue weighted by atomic mass is 16.5. The van der Waals surface area contributed by atoms with Gasteiger partial charge in [-0.05, 0) is 23.3 Å². The van der Waals surface area contributed by atoms with E-state index >= 15 is 0 Å². The molecule has 0 aliphatic rings. The van der Waals surface area contributed by atoms with Crippen molar-refractivity contribution in [3.05, 3.63) is 59.7 Å². The van der Waals surface area contributed by atoms with Crippen LogP contribution in [0.25, 0.3) is 0 Å². The van der Waals surface area contributed by atoms with E-state index in [4.69, 9.17) is 15.6 Å². The molecule has 116 valence electrons. The summed E-state index contributed by atoms with van der Waals surface area (Å²) in [5.74, 6) is -0.866. The van der Waals surface area contributed by atoms with Gasteiger partial charge in [0.25, 0.3) is 0 Å². The van der Waals surface area contributed by atoms with Crippen LogP contribution >= 0.6 is 0 Å². The molecule has 4 N–H and O–H groups in total. The minimum atomic E-state index is -0.866. The normalized spacial score (nSPS) is 10.4. The van der Waals surface area contributed by atoms with Crippen LogP contribution in [-0.4, -0.2) is 24.2 Å². The van der Waals surface area contributed by atoms with Crippen LogP contribution in [0.5, 0.6) is 0 Å². The molecule has 0 aromatic heterocycles. The van der Waals surface area contributed by atoms with E-state index < -0.39 is 5.97 Å². The summed E-state index contributed by atoms with van der Waals surface area (Å²) in [5.41, 5.74) is 9.07. The average molecular weight is 300 g/mol. The van der Waals surface area contributed by atoms with Gasteiger partial charge in [0.15, 0.2) is 0 Å². The summed E-state index contributed by atoms with van der Waals surface area (Å²) >= 11 is 0. The topological polar surface area (TPSA) is 84.6 Å². The van der Waals surface area contributed by atoms with Crippen molar-refractivity contribution < 1.29 is 14.6 Å². The third-order valence-electron chi connectivity index (χ3n) is 3.14. The summed E-state index contributed by atoms with van der Waals surface area (Å²) < 4.78 is 5.58. The van der Waals surface area contributed by atoms with Gasteiger partial charge in [0.2, 0.25) is 0 Å².